The predicted octanol–water partition coefficient (Wildman–Crippen LogP) is 3.92. The normalized spacial score (nSPS) is 19.7. The molecule has 2 aromatic rings. The van der Waals surface area contributed by atoms with Gasteiger partial charge in [-0.3, -0.25) is 4.99 Å². The smallest absolute Gasteiger partial charge is 0.228 e. The molecule has 166 valence electrons. The fourth-order valence-corrected chi connectivity index (χ4v) is 3.27. The van der Waals surface area contributed by atoms with Crippen LogP contribution in [0.25, 0.3) is 0 Å². The molecule has 1 aliphatic heterocycles. The van der Waals surface area contributed by atoms with Crippen molar-refractivity contribution in [2.24, 2.45) is 4.99 Å². The lowest BCUT2D eigenvalue weighted by molar-refractivity contribution is -0.0605. The van der Waals surface area contributed by atoms with E-state index in [4.69, 9.17) is 14.3 Å². The van der Waals surface area contributed by atoms with E-state index in [-0.39, 0.29) is 47.9 Å². The summed E-state index contributed by atoms with van der Waals surface area (Å²) in [7, 11) is 0. The molecule has 0 radical (unpaired) electrons. The molecule has 7 nitrogen and oxygen atoms in total. The molecule has 9 heteroatoms. The maximum atomic E-state index is 13.3. The minimum Gasteiger partial charge on any atom is -0.367 e. The number of hydrogen-bond acceptors (Lipinski definition) is 5. The minimum atomic E-state index is -0.244. The van der Waals surface area contributed by atoms with E-state index < -0.39 is 0 Å². The van der Waals surface area contributed by atoms with Gasteiger partial charge in [0, 0.05) is 25.4 Å². The first-order valence-electron chi connectivity index (χ1n) is 10.2. The maximum Gasteiger partial charge on any atom is 0.228 e. The average Bonchev–Trinajstić information content (AvgIpc) is 3.17. The number of aromatic nitrogens is 2. The van der Waals surface area contributed by atoms with E-state index in [9.17, 15) is 4.39 Å². The van der Waals surface area contributed by atoms with Gasteiger partial charge in [0.2, 0.25) is 5.89 Å². The number of rotatable bonds is 6. The Morgan fingerprint density at radius 3 is 2.67 bits per heavy atom. The second-order valence-electron chi connectivity index (χ2n) is 7.58. The molecule has 0 bridgehead atoms. The molecule has 2 heterocycles. The number of morpholine rings is 1. The third-order valence-electron chi connectivity index (χ3n) is 4.72. The van der Waals surface area contributed by atoms with Crippen molar-refractivity contribution in [1.29, 1.82) is 0 Å². The molecule has 0 aliphatic carbocycles. The highest BCUT2D eigenvalue weighted by atomic mass is 127. The van der Waals surface area contributed by atoms with Crippen molar-refractivity contribution in [3.63, 3.8) is 0 Å². The minimum absolute atomic E-state index is 0. The summed E-state index contributed by atoms with van der Waals surface area (Å²) >= 11 is 0. The average molecular weight is 531 g/mol. The molecular formula is C21H31FIN5O2. The largest absolute Gasteiger partial charge is 0.367 e. The molecule has 0 spiro atoms. The van der Waals surface area contributed by atoms with Crippen molar-refractivity contribution in [1.82, 2.24) is 20.4 Å². The van der Waals surface area contributed by atoms with E-state index in [0.717, 1.165) is 30.4 Å². The van der Waals surface area contributed by atoms with Gasteiger partial charge in [-0.05, 0) is 31.5 Å². The molecule has 1 aromatic carbocycles. The SMILES string of the molecule is CCNC(=NCCc1nc(C(C)C)no1)N1CC(C)OC(c2ccc(F)cc2)C1.I. The molecule has 0 amide bonds. The first-order chi connectivity index (χ1) is 14.0. The van der Waals surface area contributed by atoms with Crippen LogP contribution in [0.1, 0.15) is 57.0 Å². The van der Waals surface area contributed by atoms with Crippen molar-refractivity contribution < 1.29 is 13.7 Å². The number of halogens is 2. The number of ether oxygens (including phenoxy) is 1. The fraction of sp³-hybridized carbons (Fsp3) is 0.571. The highest BCUT2D eigenvalue weighted by Gasteiger charge is 2.28. The molecule has 0 saturated carbocycles. The zero-order chi connectivity index (χ0) is 20.8. The molecular weight excluding hydrogens is 500 g/mol. The predicted molar refractivity (Wildman–Crippen MR) is 125 cm³/mol. The lowest BCUT2D eigenvalue weighted by atomic mass is 10.1. The van der Waals surface area contributed by atoms with Crippen LogP contribution in [0.2, 0.25) is 0 Å². The zero-order valence-corrected chi connectivity index (χ0v) is 20.3. The van der Waals surface area contributed by atoms with Gasteiger partial charge >= 0.3 is 0 Å². The Morgan fingerprint density at radius 2 is 2.03 bits per heavy atom. The third-order valence-corrected chi connectivity index (χ3v) is 4.72. The second-order valence-corrected chi connectivity index (χ2v) is 7.58. The quantitative estimate of drug-likeness (QED) is 0.346. The van der Waals surface area contributed by atoms with Crippen LogP contribution in [0.15, 0.2) is 33.8 Å². The number of guanidine groups is 1. The Hall–Kier alpha value is -1.75. The van der Waals surface area contributed by atoms with Gasteiger partial charge in [-0.1, -0.05) is 31.1 Å². The number of benzene rings is 1. The molecule has 2 unspecified atom stereocenters. The van der Waals surface area contributed by atoms with E-state index in [0.29, 0.717) is 25.4 Å². The van der Waals surface area contributed by atoms with Crippen molar-refractivity contribution in [2.45, 2.75) is 52.2 Å². The van der Waals surface area contributed by atoms with Crippen LogP contribution in [-0.4, -0.2) is 53.3 Å². The summed E-state index contributed by atoms with van der Waals surface area (Å²) in [6.07, 6.45) is 0.496. The molecule has 1 N–H and O–H groups in total. The summed E-state index contributed by atoms with van der Waals surface area (Å²) in [6.45, 7) is 10.9. The van der Waals surface area contributed by atoms with Gasteiger partial charge in [0.25, 0.3) is 0 Å². The van der Waals surface area contributed by atoms with Crippen molar-refractivity contribution in [2.75, 3.05) is 26.2 Å². The Morgan fingerprint density at radius 1 is 1.30 bits per heavy atom. The van der Waals surface area contributed by atoms with Crippen LogP contribution in [0, 0.1) is 5.82 Å². The third kappa shape index (κ3) is 6.63. The van der Waals surface area contributed by atoms with E-state index >= 15 is 0 Å². The number of nitrogens with one attached hydrogen (secondary N) is 1. The number of aliphatic imine (C=N–C) groups is 1. The Kier molecular flexibility index (Phi) is 9.47. The van der Waals surface area contributed by atoms with Crippen LogP contribution in [-0.2, 0) is 11.2 Å². The van der Waals surface area contributed by atoms with Crippen molar-refractivity contribution in [3.8, 4) is 0 Å². The highest BCUT2D eigenvalue weighted by Crippen LogP contribution is 2.25. The summed E-state index contributed by atoms with van der Waals surface area (Å²) in [4.78, 5) is 11.3. The topological polar surface area (TPSA) is 75.8 Å². The van der Waals surface area contributed by atoms with Crippen LogP contribution >= 0.6 is 24.0 Å². The number of hydrogen-bond donors (Lipinski definition) is 1. The monoisotopic (exact) mass is 531 g/mol. The zero-order valence-electron chi connectivity index (χ0n) is 18.0. The summed E-state index contributed by atoms with van der Waals surface area (Å²) in [5, 5.41) is 7.35. The Bertz CT molecular complexity index is 812. The lowest BCUT2D eigenvalue weighted by Crippen LogP contribution is -2.50. The summed E-state index contributed by atoms with van der Waals surface area (Å²) in [5.74, 6) is 2.16. The maximum absolute atomic E-state index is 13.3. The van der Waals surface area contributed by atoms with Gasteiger partial charge in [0.1, 0.15) is 11.9 Å². The van der Waals surface area contributed by atoms with E-state index in [1.54, 1.807) is 12.1 Å². The van der Waals surface area contributed by atoms with E-state index in [1.165, 1.54) is 12.1 Å². The van der Waals surface area contributed by atoms with Gasteiger partial charge in [0.15, 0.2) is 11.8 Å². The molecule has 2 atom stereocenters. The molecule has 1 aliphatic rings. The van der Waals surface area contributed by atoms with E-state index in [1.807, 2.05) is 27.7 Å². The van der Waals surface area contributed by atoms with Gasteiger partial charge < -0.3 is 19.5 Å². The lowest BCUT2D eigenvalue weighted by Gasteiger charge is -2.38. The standard InChI is InChI=1S/C21H30FN5O2.HI/c1-5-23-21(24-11-10-19-25-20(14(2)3)26-29-19)27-12-15(4)28-18(13-27)16-6-8-17(22)9-7-16;/h6-9,14-15,18H,5,10-13H2,1-4H3,(H,23,24);1H. The van der Waals surface area contributed by atoms with Crippen molar-refractivity contribution in [3.05, 3.63) is 47.4 Å². The first kappa shape index (κ1) is 24.5. The summed E-state index contributed by atoms with van der Waals surface area (Å²) in [5.41, 5.74) is 0.964. The molecule has 1 fully saturated rings. The molecule has 3 rings (SSSR count). The van der Waals surface area contributed by atoms with Crippen LogP contribution in [0.3, 0.4) is 0 Å². The highest BCUT2D eigenvalue weighted by molar-refractivity contribution is 14.0. The first-order valence-corrected chi connectivity index (χ1v) is 10.2. The Labute approximate surface area is 194 Å². The summed E-state index contributed by atoms with van der Waals surface area (Å²) in [6, 6.07) is 6.50. The molecule has 30 heavy (non-hydrogen) atoms. The van der Waals surface area contributed by atoms with Crippen LogP contribution < -0.4 is 5.32 Å². The van der Waals surface area contributed by atoms with Gasteiger partial charge in [-0.2, -0.15) is 4.98 Å². The second kappa shape index (κ2) is 11.6. The summed E-state index contributed by atoms with van der Waals surface area (Å²) < 4.78 is 24.7. The van der Waals surface area contributed by atoms with E-state index in [2.05, 4.69) is 20.4 Å². The van der Waals surface area contributed by atoms with Gasteiger partial charge in [-0.15, -0.1) is 24.0 Å². The van der Waals surface area contributed by atoms with Gasteiger partial charge in [0.05, 0.1) is 19.2 Å². The molecule has 1 aromatic heterocycles. The Balaban J connectivity index is 0.00000320. The van der Waals surface area contributed by atoms with Gasteiger partial charge in [-0.25, -0.2) is 4.39 Å². The number of nitrogens with zero attached hydrogens (tertiary/aromatic N) is 4. The van der Waals surface area contributed by atoms with Crippen LogP contribution in [0.5, 0.6) is 0 Å². The van der Waals surface area contributed by atoms with Crippen LogP contribution in [0.4, 0.5) is 4.39 Å². The fourth-order valence-electron chi connectivity index (χ4n) is 3.27. The van der Waals surface area contributed by atoms with Crippen molar-refractivity contribution >= 4 is 29.9 Å². The molecule has 1 saturated heterocycles.